The number of aromatic nitrogens is 1. The van der Waals surface area contributed by atoms with Crippen molar-refractivity contribution in [1.82, 2.24) is 4.57 Å². The Morgan fingerprint density at radius 3 is 2.43 bits per heavy atom. The number of aryl methyl sites for hydroxylation is 1. The fourth-order valence-electron chi connectivity index (χ4n) is 2.46. The average molecular weight is 305 g/mol. The van der Waals surface area contributed by atoms with Crippen molar-refractivity contribution in [3.63, 3.8) is 0 Å². The van der Waals surface area contributed by atoms with Crippen LogP contribution in [0.3, 0.4) is 0 Å². The van der Waals surface area contributed by atoms with Crippen LogP contribution in [0.1, 0.15) is 24.5 Å². The van der Waals surface area contributed by atoms with Crippen LogP contribution in [-0.4, -0.2) is 4.57 Å². The van der Waals surface area contributed by atoms with Crippen LogP contribution in [0.4, 0.5) is 4.39 Å². The van der Waals surface area contributed by atoms with Crippen molar-refractivity contribution in [3.05, 3.63) is 82.0 Å². The molecule has 3 rings (SSSR count). The van der Waals surface area contributed by atoms with E-state index in [4.69, 9.17) is 0 Å². The molecule has 1 aromatic heterocycles. The van der Waals surface area contributed by atoms with Gasteiger partial charge < -0.3 is 4.57 Å². The van der Waals surface area contributed by atoms with Crippen molar-refractivity contribution in [1.29, 1.82) is 0 Å². The van der Waals surface area contributed by atoms with Crippen molar-refractivity contribution in [2.24, 2.45) is 0 Å². The molecule has 0 N–H and O–H groups in total. The molecule has 0 saturated heterocycles. The fourth-order valence-corrected chi connectivity index (χ4v) is 2.46. The summed E-state index contributed by atoms with van der Waals surface area (Å²) in [6.45, 7) is 2.77. The summed E-state index contributed by atoms with van der Waals surface area (Å²) in [5.41, 5.74) is 1.61. The van der Waals surface area contributed by atoms with E-state index in [-0.39, 0.29) is 11.4 Å². The van der Waals surface area contributed by atoms with Crippen LogP contribution in [0.25, 0.3) is 10.8 Å². The summed E-state index contributed by atoms with van der Waals surface area (Å²) in [5, 5.41) is 1.58. The first-order valence-electron chi connectivity index (χ1n) is 7.58. The van der Waals surface area contributed by atoms with E-state index in [1.54, 1.807) is 16.7 Å². The smallest absolute Gasteiger partial charge is 0.258 e. The van der Waals surface area contributed by atoms with E-state index in [1.807, 2.05) is 37.4 Å². The van der Waals surface area contributed by atoms with E-state index >= 15 is 0 Å². The maximum absolute atomic E-state index is 12.9. The van der Waals surface area contributed by atoms with E-state index < -0.39 is 0 Å². The Hall–Kier alpha value is -2.86. The molecule has 0 fully saturated rings. The molecule has 0 aliphatic heterocycles. The summed E-state index contributed by atoms with van der Waals surface area (Å²) < 4.78 is 14.6. The van der Waals surface area contributed by atoms with E-state index in [9.17, 15) is 9.18 Å². The molecule has 2 nitrogen and oxygen atoms in total. The molecule has 0 saturated carbocycles. The molecular formula is C20H16FNO. The number of pyridine rings is 1. The second kappa shape index (κ2) is 6.50. The molecule has 0 amide bonds. The topological polar surface area (TPSA) is 22.0 Å². The maximum Gasteiger partial charge on any atom is 0.258 e. The highest BCUT2D eigenvalue weighted by Gasteiger charge is 2.02. The van der Waals surface area contributed by atoms with Gasteiger partial charge >= 0.3 is 0 Å². The Balaban J connectivity index is 1.97. The third kappa shape index (κ3) is 3.32. The zero-order valence-electron chi connectivity index (χ0n) is 12.8. The lowest BCUT2D eigenvalue weighted by Crippen LogP contribution is -2.19. The normalized spacial score (nSPS) is 10.3. The molecule has 114 valence electrons. The third-order valence-corrected chi connectivity index (χ3v) is 3.64. The Kier molecular flexibility index (Phi) is 4.25. The number of fused-ring (bicyclic) bond motifs is 1. The zero-order valence-corrected chi connectivity index (χ0v) is 12.8. The van der Waals surface area contributed by atoms with Crippen molar-refractivity contribution >= 4 is 10.8 Å². The van der Waals surface area contributed by atoms with Crippen LogP contribution < -0.4 is 5.56 Å². The van der Waals surface area contributed by atoms with Crippen molar-refractivity contribution in [2.45, 2.75) is 19.9 Å². The minimum atomic E-state index is -0.274. The summed E-state index contributed by atoms with van der Waals surface area (Å²) in [6.07, 6.45) is 2.75. The van der Waals surface area contributed by atoms with Crippen LogP contribution in [0, 0.1) is 17.7 Å². The van der Waals surface area contributed by atoms with E-state index in [0.717, 1.165) is 29.5 Å². The van der Waals surface area contributed by atoms with Gasteiger partial charge in [0.05, 0.1) is 0 Å². The molecule has 0 aliphatic rings. The molecule has 0 bridgehead atoms. The monoisotopic (exact) mass is 305 g/mol. The highest BCUT2D eigenvalue weighted by atomic mass is 19.1. The molecule has 0 spiro atoms. The van der Waals surface area contributed by atoms with E-state index in [1.165, 1.54) is 12.1 Å². The predicted octanol–water partition coefficient (Wildman–Crippen LogP) is 3.95. The van der Waals surface area contributed by atoms with Gasteiger partial charge in [-0.25, -0.2) is 4.39 Å². The van der Waals surface area contributed by atoms with Crippen LogP contribution in [0.15, 0.2) is 59.5 Å². The predicted molar refractivity (Wildman–Crippen MR) is 90.9 cm³/mol. The van der Waals surface area contributed by atoms with Gasteiger partial charge in [0, 0.05) is 29.3 Å². The second-order valence-corrected chi connectivity index (χ2v) is 5.37. The second-order valence-electron chi connectivity index (χ2n) is 5.37. The largest absolute Gasteiger partial charge is 0.315 e. The molecular weight excluding hydrogens is 289 g/mol. The van der Waals surface area contributed by atoms with Gasteiger partial charge in [-0.3, -0.25) is 4.79 Å². The summed E-state index contributed by atoms with van der Waals surface area (Å²) in [7, 11) is 0. The van der Waals surface area contributed by atoms with Gasteiger partial charge in [-0.05, 0) is 60.3 Å². The summed E-state index contributed by atoms with van der Waals surface area (Å²) in [5.74, 6) is 5.78. The Labute approximate surface area is 134 Å². The number of halogens is 1. The number of rotatable bonds is 2. The first-order valence-corrected chi connectivity index (χ1v) is 7.58. The van der Waals surface area contributed by atoms with Gasteiger partial charge in [-0.15, -0.1) is 0 Å². The molecule has 2 aromatic carbocycles. The molecule has 3 heteroatoms. The molecule has 0 aliphatic carbocycles. The van der Waals surface area contributed by atoms with E-state index in [2.05, 4.69) is 11.8 Å². The molecule has 0 radical (unpaired) electrons. The van der Waals surface area contributed by atoms with Crippen LogP contribution in [0.2, 0.25) is 0 Å². The highest BCUT2D eigenvalue weighted by Crippen LogP contribution is 2.12. The number of nitrogens with zero attached hydrogens (tertiary/aromatic N) is 1. The standard InChI is InChI=1S/C20H16FNO/c1-2-12-22-13-11-17-14-16(7-10-19(17)20(22)23)4-3-15-5-8-18(21)9-6-15/h5-11,13-14H,2,12H2,1H3. The van der Waals surface area contributed by atoms with Gasteiger partial charge in [0.25, 0.3) is 5.56 Å². The van der Waals surface area contributed by atoms with Crippen molar-refractivity contribution in [3.8, 4) is 11.8 Å². The van der Waals surface area contributed by atoms with Gasteiger partial charge in [0.2, 0.25) is 0 Å². The van der Waals surface area contributed by atoms with Gasteiger partial charge in [-0.1, -0.05) is 18.8 Å². The molecule has 1 heterocycles. The van der Waals surface area contributed by atoms with Gasteiger partial charge in [0.1, 0.15) is 5.82 Å². The minimum absolute atomic E-state index is 0.0300. The van der Waals surface area contributed by atoms with Crippen molar-refractivity contribution < 1.29 is 4.39 Å². The lowest BCUT2D eigenvalue weighted by molar-refractivity contribution is 0.627. The van der Waals surface area contributed by atoms with Gasteiger partial charge in [0.15, 0.2) is 0 Å². The number of benzene rings is 2. The fraction of sp³-hybridized carbons (Fsp3) is 0.150. The Bertz CT molecular complexity index is 959. The summed E-state index contributed by atoms with van der Waals surface area (Å²) in [6, 6.07) is 13.6. The quantitative estimate of drug-likeness (QED) is 0.657. The van der Waals surface area contributed by atoms with Crippen LogP contribution >= 0.6 is 0 Å². The molecule has 23 heavy (non-hydrogen) atoms. The average Bonchev–Trinajstić information content (AvgIpc) is 2.57. The van der Waals surface area contributed by atoms with Crippen LogP contribution in [0.5, 0.6) is 0 Å². The van der Waals surface area contributed by atoms with Crippen LogP contribution in [-0.2, 0) is 6.54 Å². The maximum atomic E-state index is 12.9. The molecule has 0 unspecified atom stereocenters. The van der Waals surface area contributed by atoms with Gasteiger partial charge in [-0.2, -0.15) is 0 Å². The third-order valence-electron chi connectivity index (χ3n) is 3.64. The Morgan fingerprint density at radius 1 is 1.00 bits per heavy atom. The molecule has 0 atom stereocenters. The molecule has 3 aromatic rings. The van der Waals surface area contributed by atoms with E-state index in [0.29, 0.717) is 5.39 Å². The summed E-state index contributed by atoms with van der Waals surface area (Å²) >= 11 is 0. The number of hydrogen-bond acceptors (Lipinski definition) is 1. The summed E-state index contributed by atoms with van der Waals surface area (Å²) in [4.78, 5) is 12.3. The lowest BCUT2D eigenvalue weighted by atomic mass is 10.1. The lowest BCUT2D eigenvalue weighted by Gasteiger charge is -2.05. The first kappa shape index (κ1) is 15.1. The number of hydrogen-bond donors (Lipinski definition) is 0. The Morgan fingerprint density at radius 2 is 1.70 bits per heavy atom. The first-order chi connectivity index (χ1) is 11.2. The SMILES string of the molecule is CCCn1ccc2cc(C#Cc3ccc(F)cc3)ccc2c1=O. The highest BCUT2D eigenvalue weighted by molar-refractivity contribution is 5.82. The minimum Gasteiger partial charge on any atom is -0.315 e. The zero-order chi connectivity index (χ0) is 16.2. The van der Waals surface area contributed by atoms with Crippen molar-refractivity contribution in [2.75, 3.05) is 0 Å².